The van der Waals surface area contributed by atoms with Gasteiger partial charge in [-0.3, -0.25) is 0 Å². The first-order valence-electron chi connectivity index (χ1n) is 3.77. The Hall–Kier alpha value is -1.65. The van der Waals surface area contributed by atoms with Gasteiger partial charge in [-0.25, -0.2) is 4.79 Å². The summed E-state index contributed by atoms with van der Waals surface area (Å²) in [6, 6.07) is 0. The maximum atomic E-state index is 11.0. The van der Waals surface area contributed by atoms with Crippen LogP contribution in [0.3, 0.4) is 0 Å². The van der Waals surface area contributed by atoms with Crippen LogP contribution in [-0.2, 0) is 9.53 Å². The molecular formula is C8H13N3O2. The Bertz CT molecular complexity index is 256. The fraction of sp³-hybridized carbons (Fsp3) is 0.375. The molecule has 0 atom stereocenters. The molecule has 72 valence electrons. The molecule has 5 heteroatoms. The predicted octanol–water partition coefficient (Wildman–Crippen LogP) is 1.34. The lowest BCUT2D eigenvalue weighted by Crippen LogP contribution is -2.04. The number of hydrogen-bond acceptors (Lipinski definition) is 5. The quantitative estimate of drug-likeness (QED) is 0.406. The minimum absolute atomic E-state index is 0.0907. The number of nitrogens with two attached hydrogens (primary N) is 1. The Balaban J connectivity index is 4.16. The van der Waals surface area contributed by atoms with Crippen molar-refractivity contribution in [2.45, 2.75) is 13.8 Å². The van der Waals surface area contributed by atoms with Crippen molar-refractivity contribution in [3.63, 3.8) is 0 Å². The molecule has 2 N–H and O–H groups in total. The summed E-state index contributed by atoms with van der Waals surface area (Å²) in [6.45, 7) is 6.95. The summed E-state index contributed by atoms with van der Waals surface area (Å²) in [6.07, 6.45) is 1.27. The zero-order valence-electron chi connectivity index (χ0n) is 7.78. The van der Waals surface area contributed by atoms with Crippen LogP contribution in [0, 0.1) is 0 Å². The van der Waals surface area contributed by atoms with E-state index >= 15 is 0 Å². The summed E-state index contributed by atoms with van der Waals surface area (Å²) in [5, 5.41) is 6.94. The van der Waals surface area contributed by atoms with Gasteiger partial charge in [0.15, 0.2) is 0 Å². The fourth-order valence-corrected chi connectivity index (χ4v) is 0.487. The van der Waals surface area contributed by atoms with Crippen molar-refractivity contribution in [1.29, 1.82) is 0 Å². The van der Waals surface area contributed by atoms with E-state index in [1.165, 1.54) is 6.20 Å². The highest BCUT2D eigenvalue weighted by Crippen LogP contribution is 1.97. The van der Waals surface area contributed by atoms with Gasteiger partial charge in [-0.15, -0.1) is 5.11 Å². The average molecular weight is 183 g/mol. The molecule has 0 aromatic carbocycles. The zero-order chi connectivity index (χ0) is 10.3. The van der Waals surface area contributed by atoms with Gasteiger partial charge in [-0.1, -0.05) is 6.58 Å². The van der Waals surface area contributed by atoms with E-state index in [-0.39, 0.29) is 5.82 Å². The van der Waals surface area contributed by atoms with E-state index in [9.17, 15) is 4.79 Å². The van der Waals surface area contributed by atoms with E-state index in [4.69, 9.17) is 10.5 Å². The summed E-state index contributed by atoms with van der Waals surface area (Å²) in [4.78, 5) is 11.0. The molecule has 0 radical (unpaired) electrons. The normalized spacial score (nSPS) is 11.7. The highest BCUT2D eigenvalue weighted by atomic mass is 16.5. The van der Waals surface area contributed by atoms with Gasteiger partial charge in [0.25, 0.3) is 0 Å². The summed E-state index contributed by atoms with van der Waals surface area (Å²) in [5.41, 5.74) is 5.48. The highest BCUT2D eigenvalue weighted by molar-refractivity contribution is 5.87. The van der Waals surface area contributed by atoms with Crippen molar-refractivity contribution in [2.24, 2.45) is 16.0 Å². The third kappa shape index (κ3) is 5.60. The van der Waals surface area contributed by atoms with E-state index in [1.54, 1.807) is 13.8 Å². The molecule has 0 spiro atoms. The first-order valence-corrected chi connectivity index (χ1v) is 3.77. The minimum atomic E-state index is -0.413. The summed E-state index contributed by atoms with van der Waals surface area (Å²) < 4.78 is 4.70. The summed E-state index contributed by atoms with van der Waals surface area (Å²) in [7, 11) is 0. The number of esters is 1. The molecule has 0 aromatic rings. The Morgan fingerprint density at radius 3 is 2.77 bits per heavy atom. The third-order valence-corrected chi connectivity index (χ3v) is 1.03. The van der Waals surface area contributed by atoms with Gasteiger partial charge in [0.1, 0.15) is 5.82 Å². The number of carbonyl (C=O) groups excluding carboxylic acids is 1. The largest absolute Gasteiger partial charge is 0.463 e. The van der Waals surface area contributed by atoms with Crippen LogP contribution in [0.4, 0.5) is 0 Å². The Kier molecular flexibility index (Phi) is 5.18. The second-order valence-electron chi connectivity index (χ2n) is 2.24. The molecule has 0 bridgehead atoms. The molecule has 0 amide bonds. The van der Waals surface area contributed by atoms with Crippen molar-refractivity contribution >= 4 is 5.97 Å². The number of ether oxygens (including phenoxy) is 1. The SMILES string of the molecule is C=C(N)/N=N\C=C(/C)C(=O)OCC. The summed E-state index contributed by atoms with van der Waals surface area (Å²) >= 11 is 0. The van der Waals surface area contributed by atoms with Crippen LogP contribution in [0.5, 0.6) is 0 Å². The molecular weight excluding hydrogens is 170 g/mol. The van der Waals surface area contributed by atoms with Crippen LogP contribution in [-0.4, -0.2) is 12.6 Å². The lowest BCUT2D eigenvalue weighted by atomic mass is 10.3. The second kappa shape index (κ2) is 5.93. The van der Waals surface area contributed by atoms with Crippen molar-refractivity contribution in [3.05, 3.63) is 24.2 Å². The molecule has 0 aliphatic heterocycles. The van der Waals surface area contributed by atoms with Gasteiger partial charge < -0.3 is 10.5 Å². The Morgan fingerprint density at radius 2 is 2.31 bits per heavy atom. The monoisotopic (exact) mass is 183 g/mol. The Morgan fingerprint density at radius 1 is 1.69 bits per heavy atom. The van der Waals surface area contributed by atoms with E-state index in [1.807, 2.05) is 0 Å². The van der Waals surface area contributed by atoms with Crippen molar-refractivity contribution in [2.75, 3.05) is 6.61 Å². The van der Waals surface area contributed by atoms with Crippen LogP contribution in [0.2, 0.25) is 0 Å². The van der Waals surface area contributed by atoms with E-state index in [0.717, 1.165) is 0 Å². The van der Waals surface area contributed by atoms with E-state index in [2.05, 4.69) is 16.8 Å². The van der Waals surface area contributed by atoms with Gasteiger partial charge in [0.05, 0.1) is 18.4 Å². The molecule has 13 heavy (non-hydrogen) atoms. The van der Waals surface area contributed by atoms with Crippen LogP contribution in [0.25, 0.3) is 0 Å². The predicted molar refractivity (Wildman–Crippen MR) is 48.6 cm³/mol. The van der Waals surface area contributed by atoms with Gasteiger partial charge >= 0.3 is 5.97 Å². The third-order valence-electron chi connectivity index (χ3n) is 1.03. The van der Waals surface area contributed by atoms with Gasteiger partial charge in [0, 0.05) is 0 Å². The number of hydrogen-bond donors (Lipinski definition) is 1. The van der Waals surface area contributed by atoms with Crippen LogP contribution >= 0.6 is 0 Å². The van der Waals surface area contributed by atoms with Gasteiger partial charge in [-0.2, -0.15) is 5.11 Å². The molecule has 0 heterocycles. The molecule has 0 saturated carbocycles. The average Bonchev–Trinajstić information content (AvgIpc) is 2.04. The lowest BCUT2D eigenvalue weighted by Gasteiger charge is -1.98. The number of carbonyl (C=O) groups is 1. The second-order valence-corrected chi connectivity index (χ2v) is 2.24. The zero-order valence-corrected chi connectivity index (χ0v) is 7.78. The van der Waals surface area contributed by atoms with E-state index < -0.39 is 5.97 Å². The summed E-state index contributed by atoms with van der Waals surface area (Å²) in [5.74, 6) is -0.322. The molecule has 0 rings (SSSR count). The van der Waals surface area contributed by atoms with Gasteiger partial charge in [-0.05, 0) is 13.8 Å². The number of rotatable bonds is 4. The smallest absolute Gasteiger partial charge is 0.335 e. The molecule has 0 aromatic heterocycles. The van der Waals surface area contributed by atoms with Crippen molar-refractivity contribution in [1.82, 2.24) is 0 Å². The van der Waals surface area contributed by atoms with Crippen molar-refractivity contribution < 1.29 is 9.53 Å². The minimum Gasteiger partial charge on any atom is -0.463 e. The highest BCUT2D eigenvalue weighted by Gasteiger charge is 2.02. The molecule has 0 fully saturated rings. The molecule has 0 unspecified atom stereocenters. The van der Waals surface area contributed by atoms with E-state index in [0.29, 0.717) is 12.2 Å². The fourth-order valence-electron chi connectivity index (χ4n) is 0.487. The molecule has 0 aliphatic carbocycles. The standard InChI is InChI=1S/C8H13N3O2/c1-4-13-8(12)6(2)5-10-11-7(3)9/h5H,3-4,9H2,1-2H3/b6-5+,11-10-. The topological polar surface area (TPSA) is 77.0 Å². The van der Waals surface area contributed by atoms with Crippen molar-refractivity contribution in [3.8, 4) is 0 Å². The van der Waals surface area contributed by atoms with Gasteiger partial charge in [0.2, 0.25) is 0 Å². The van der Waals surface area contributed by atoms with Crippen LogP contribution < -0.4 is 5.73 Å². The Labute approximate surface area is 77.0 Å². The number of nitrogens with zero attached hydrogens (tertiary/aromatic N) is 2. The number of azo groups is 1. The lowest BCUT2D eigenvalue weighted by molar-refractivity contribution is -0.138. The van der Waals surface area contributed by atoms with Crippen LogP contribution in [0.15, 0.2) is 34.4 Å². The molecule has 0 aliphatic rings. The first kappa shape index (κ1) is 11.4. The molecule has 0 saturated heterocycles. The van der Waals surface area contributed by atoms with Crippen LogP contribution in [0.1, 0.15) is 13.8 Å². The molecule has 5 nitrogen and oxygen atoms in total. The maximum Gasteiger partial charge on any atom is 0.335 e. The maximum absolute atomic E-state index is 11.0. The first-order chi connectivity index (χ1) is 6.07.